The molecule has 0 bridgehead atoms. The summed E-state index contributed by atoms with van der Waals surface area (Å²) in [4.78, 5) is 1.88. The van der Waals surface area contributed by atoms with E-state index >= 15 is 0 Å². The van der Waals surface area contributed by atoms with Crippen LogP contribution in [0.4, 0.5) is 13.2 Å². The van der Waals surface area contributed by atoms with Gasteiger partial charge in [0.05, 0.1) is 23.4 Å². The van der Waals surface area contributed by atoms with Crippen LogP contribution in [0, 0.1) is 5.21 Å². The molecule has 0 atom stereocenters. The number of hydrogen-bond acceptors (Lipinski definition) is 4. The maximum atomic E-state index is 13.4. The van der Waals surface area contributed by atoms with E-state index in [1.54, 1.807) is 34.9 Å². The molecule has 3 aromatic rings. The van der Waals surface area contributed by atoms with Gasteiger partial charge in [0.1, 0.15) is 0 Å². The van der Waals surface area contributed by atoms with Crippen LogP contribution in [0.5, 0.6) is 0 Å². The Morgan fingerprint density at radius 1 is 1.10 bits per heavy atom. The van der Waals surface area contributed by atoms with Crippen LogP contribution in [0.2, 0.25) is 0 Å². The molecule has 1 aliphatic rings. The molecular formula is C20H18F3N5O. The van der Waals surface area contributed by atoms with E-state index in [4.69, 9.17) is 0 Å². The standard InChI is InChI=1S/C20H18F3N5O/c1-26(2)11-17-24-25-18-12-27(29)19(13-6-4-3-5-7-13)15-10-14(20(21,22)23)8-9-16(15)28(17)18/h3-10H,11-12H2,1-2H3. The SMILES string of the molecule is CN(C)Cc1nnc2n1-c1ccc(C(F)(F)F)cc1C(c1ccccc1)=[N+]([O-])C2. The second kappa shape index (κ2) is 7.00. The van der Waals surface area contributed by atoms with Gasteiger partial charge in [-0.05, 0) is 44.4 Å². The summed E-state index contributed by atoms with van der Waals surface area (Å²) in [5.41, 5.74) is 0.541. The fourth-order valence-electron chi connectivity index (χ4n) is 3.45. The lowest BCUT2D eigenvalue weighted by Gasteiger charge is -2.16. The van der Waals surface area contributed by atoms with Crippen molar-refractivity contribution in [2.24, 2.45) is 0 Å². The van der Waals surface area contributed by atoms with E-state index in [1.165, 1.54) is 6.07 Å². The van der Waals surface area contributed by atoms with E-state index in [1.807, 2.05) is 19.0 Å². The number of halogens is 3. The van der Waals surface area contributed by atoms with Gasteiger partial charge in [-0.25, -0.2) is 0 Å². The van der Waals surface area contributed by atoms with E-state index in [0.29, 0.717) is 34.2 Å². The summed E-state index contributed by atoms with van der Waals surface area (Å²) in [6.07, 6.45) is -4.53. The van der Waals surface area contributed by atoms with Gasteiger partial charge < -0.3 is 10.1 Å². The van der Waals surface area contributed by atoms with Crippen LogP contribution in [0.1, 0.15) is 28.3 Å². The normalized spacial score (nSPS) is 14.0. The highest BCUT2D eigenvalue weighted by Crippen LogP contribution is 2.34. The Hall–Kier alpha value is -3.20. The minimum Gasteiger partial charge on any atom is -0.623 e. The lowest BCUT2D eigenvalue weighted by molar-refractivity contribution is -0.475. The number of nitrogens with zero attached hydrogens (tertiary/aromatic N) is 5. The number of hydroxylamine groups is 1. The molecular weight excluding hydrogens is 383 g/mol. The average Bonchev–Trinajstić information content (AvgIpc) is 2.97. The molecule has 1 aliphatic heterocycles. The molecule has 29 heavy (non-hydrogen) atoms. The zero-order valence-corrected chi connectivity index (χ0v) is 15.8. The van der Waals surface area contributed by atoms with Crippen molar-refractivity contribution >= 4 is 5.71 Å². The van der Waals surface area contributed by atoms with Crippen molar-refractivity contribution in [2.45, 2.75) is 19.3 Å². The smallest absolute Gasteiger partial charge is 0.416 e. The van der Waals surface area contributed by atoms with Crippen molar-refractivity contribution in [2.75, 3.05) is 14.1 Å². The Kier molecular flexibility index (Phi) is 4.62. The van der Waals surface area contributed by atoms with E-state index in [9.17, 15) is 18.4 Å². The summed E-state index contributed by atoms with van der Waals surface area (Å²) in [6.45, 7) is 0.299. The molecule has 0 aliphatic carbocycles. The van der Waals surface area contributed by atoms with Crippen molar-refractivity contribution < 1.29 is 17.9 Å². The molecule has 0 saturated heterocycles. The lowest BCUT2D eigenvalue weighted by Crippen LogP contribution is -2.19. The molecule has 0 N–H and O–H groups in total. The van der Waals surface area contributed by atoms with Crippen LogP contribution in [0.3, 0.4) is 0 Å². The predicted octanol–water partition coefficient (Wildman–Crippen LogP) is 3.21. The van der Waals surface area contributed by atoms with Crippen LogP contribution < -0.4 is 0 Å². The van der Waals surface area contributed by atoms with Gasteiger partial charge in [-0.1, -0.05) is 18.2 Å². The van der Waals surface area contributed by atoms with Gasteiger partial charge in [0.2, 0.25) is 18.1 Å². The van der Waals surface area contributed by atoms with Gasteiger partial charge in [0.15, 0.2) is 5.82 Å². The summed E-state index contributed by atoms with van der Waals surface area (Å²) >= 11 is 0. The molecule has 1 aromatic heterocycles. The highest BCUT2D eigenvalue weighted by atomic mass is 19.4. The number of hydrogen-bond donors (Lipinski definition) is 0. The quantitative estimate of drug-likeness (QED) is 0.500. The molecule has 150 valence electrons. The predicted molar refractivity (Wildman–Crippen MR) is 101 cm³/mol. The first kappa shape index (κ1) is 19.1. The Labute approximate surface area is 165 Å². The molecule has 9 heteroatoms. The summed E-state index contributed by atoms with van der Waals surface area (Å²) in [7, 11) is 3.71. The third kappa shape index (κ3) is 3.49. The highest BCUT2D eigenvalue weighted by molar-refractivity contribution is 6.12. The molecule has 2 aromatic carbocycles. The summed E-state index contributed by atoms with van der Waals surface area (Å²) in [6, 6.07) is 12.1. The highest BCUT2D eigenvalue weighted by Gasteiger charge is 2.35. The van der Waals surface area contributed by atoms with E-state index in [2.05, 4.69) is 10.2 Å². The Morgan fingerprint density at radius 3 is 2.48 bits per heavy atom. The number of aromatic nitrogens is 3. The van der Waals surface area contributed by atoms with Crippen LogP contribution in [0.25, 0.3) is 5.69 Å². The van der Waals surface area contributed by atoms with Crippen molar-refractivity contribution in [3.05, 3.63) is 82.1 Å². The van der Waals surface area contributed by atoms with Gasteiger partial charge in [0.25, 0.3) is 0 Å². The summed E-state index contributed by atoms with van der Waals surface area (Å²) < 4.78 is 42.7. The van der Waals surface area contributed by atoms with Crippen LogP contribution in [0.15, 0.2) is 48.5 Å². The Morgan fingerprint density at radius 2 is 1.83 bits per heavy atom. The van der Waals surface area contributed by atoms with Crippen LogP contribution in [-0.2, 0) is 19.3 Å². The number of alkyl halides is 3. The van der Waals surface area contributed by atoms with Crippen molar-refractivity contribution in [1.29, 1.82) is 0 Å². The maximum absolute atomic E-state index is 13.4. The summed E-state index contributed by atoms with van der Waals surface area (Å²) in [5, 5.41) is 21.3. The molecule has 0 fully saturated rings. The number of fused-ring (bicyclic) bond motifs is 3. The fourth-order valence-corrected chi connectivity index (χ4v) is 3.45. The molecule has 0 saturated carbocycles. The van der Waals surface area contributed by atoms with Gasteiger partial charge >= 0.3 is 6.18 Å². The molecule has 0 amide bonds. The van der Waals surface area contributed by atoms with Crippen LogP contribution >= 0.6 is 0 Å². The first-order valence-corrected chi connectivity index (χ1v) is 8.92. The number of benzene rings is 2. The Balaban J connectivity index is 2.02. The van der Waals surface area contributed by atoms with Crippen LogP contribution in [-0.4, -0.2) is 44.2 Å². The van der Waals surface area contributed by atoms with Crippen molar-refractivity contribution in [1.82, 2.24) is 19.7 Å². The maximum Gasteiger partial charge on any atom is 0.416 e. The van der Waals surface area contributed by atoms with Gasteiger partial charge in [-0.15, -0.1) is 10.2 Å². The zero-order chi connectivity index (χ0) is 20.8. The molecule has 0 spiro atoms. The molecule has 0 unspecified atom stereocenters. The molecule has 6 nitrogen and oxygen atoms in total. The van der Waals surface area contributed by atoms with Crippen molar-refractivity contribution in [3.8, 4) is 5.69 Å². The van der Waals surface area contributed by atoms with Gasteiger partial charge in [-0.2, -0.15) is 17.9 Å². The zero-order valence-electron chi connectivity index (χ0n) is 15.8. The second-order valence-electron chi connectivity index (χ2n) is 7.09. The molecule has 0 radical (unpaired) electrons. The fraction of sp³-hybridized carbons (Fsp3) is 0.250. The van der Waals surface area contributed by atoms with Crippen molar-refractivity contribution in [3.63, 3.8) is 0 Å². The van der Waals surface area contributed by atoms with E-state index in [-0.39, 0.29) is 17.8 Å². The summed E-state index contributed by atoms with van der Waals surface area (Å²) in [5.74, 6) is 0.928. The lowest BCUT2D eigenvalue weighted by atomic mass is 9.98. The van der Waals surface area contributed by atoms with Gasteiger partial charge in [-0.3, -0.25) is 4.57 Å². The second-order valence-corrected chi connectivity index (χ2v) is 7.09. The third-order valence-electron chi connectivity index (χ3n) is 4.66. The number of rotatable bonds is 3. The largest absolute Gasteiger partial charge is 0.623 e. The topological polar surface area (TPSA) is 60.0 Å². The first-order valence-electron chi connectivity index (χ1n) is 8.92. The Bertz CT molecular complexity index is 1090. The molecule has 4 rings (SSSR count). The average molecular weight is 401 g/mol. The first-order chi connectivity index (χ1) is 13.8. The third-order valence-corrected chi connectivity index (χ3v) is 4.66. The monoisotopic (exact) mass is 401 g/mol. The molecule has 2 heterocycles. The van der Waals surface area contributed by atoms with E-state index < -0.39 is 11.7 Å². The minimum atomic E-state index is -4.53. The minimum absolute atomic E-state index is 0.124. The van der Waals surface area contributed by atoms with E-state index in [0.717, 1.165) is 12.1 Å². The van der Waals surface area contributed by atoms with Gasteiger partial charge in [0, 0.05) is 5.56 Å².